The van der Waals surface area contributed by atoms with Crippen LogP contribution in [0.15, 0.2) is 0 Å². The molecule has 0 bridgehead atoms. The summed E-state index contributed by atoms with van der Waals surface area (Å²) in [5.41, 5.74) is 0. The maximum atomic E-state index is 11.7. The fourth-order valence-corrected chi connectivity index (χ4v) is 3.47. The highest BCUT2D eigenvalue weighted by atomic mass is 32.2. The van der Waals surface area contributed by atoms with Crippen molar-refractivity contribution >= 4 is 17.7 Å². The van der Waals surface area contributed by atoms with Gasteiger partial charge in [-0.3, -0.25) is 4.79 Å². The maximum absolute atomic E-state index is 11.7. The first-order chi connectivity index (χ1) is 7.84. The van der Waals surface area contributed by atoms with Crippen LogP contribution in [0, 0.1) is 5.92 Å². The third kappa shape index (κ3) is 3.98. The Labute approximate surface area is 102 Å². The lowest BCUT2D eigenvalue weighted by molar-refractivity contribution is -0.121. The summed E-state index contributed by atoms with van der Waals surface area (Å²) in [4.78, 5) is 11.7. The third-order valence-corrected chi connectivity index (χ3v) is 4.62. The molecule has 0 spiro atoms. The molecule has 1 heterocycles. The van der Waals surface area contributed by atoms with Crippen LogP contribution in [0.1, 0.15) is 32.1 Å². The maximum Gasteiger partial charge on any atom is 0.221 e. The van der Waals surface area contributed by atoms with Crippen LogP contribution in [0.4, 0.5) is 0 Å². The molecule has 2 N–H and O–H groups in total. The van der Waals surface area contributed by atoms with E-state index in [4.69, 9.17) is 0 Å². The van der Waals surface area contributed by atoms with Gasteiger partial charge >= 0.3 is 0 Å². The number of amides is 1. The van der Waals surface area contributed by atoms with E-state index in [-0.39, 0.29) is 5.91 Å². The second-order valence-electron chi connectivity index (χ2n) is 4.88. The van der Waals surface area contributed by atoms with Gasteiger partial charge < -0.3 is 10.6 Å². The lowest BCUT2D eigenvalue weighted by atomic mass is 10.1. The monoisotopic (exact) mass is 242 g/mol. The molecule has 16 heavy (non-hydrogen) atoms. The summed E-state index contributed by atoms with van der Waals surface area (Å²) in [6, 6.07) is 0.391. The Balaban J connectivity index is 1.59. The Morgan fingerprint density at radius 1 is 1.38 bits per heavy atom. The summed E-state index contributed by atoms with van der Waals surface area (Å²) in [5, 5.41) is 6.48. The molecule has 0 radical (unpaired) electrons. The molecule has 1 aliphatic carbocycles. The molecule has 0 aromatic rings. The number of nitrogens with one attached hydrogen (secondary N) is 2. The number of hydrogen-bond donors (Lipinski definition) is 2. The molecule has 2 aliphatic rings. The van der Waals surface area contributed by atoms with E-state index in [9.17, 15) is 4.79 Å². The summed E-state index contributed by atoms with van der Waals surface area (Å²) in [6.45, 7) is 1.95. The fraction of sp³-hybridized carbons (Fsp3) is 0.917. The first kappa shape index (κ1) is 12.2. The molecule has 1 aliphatic heterocycles. The minimum Gasteiger partial charge on any atom is -0.356 e. The van der Waals surface area contributed by atoms with Crippen LogP contribution < -0.4 is 10.6 Å². The Bertz CT molecular complexity index is 223. The first-order valence-corrected chi connectivity index (χ1v) is 7.58. The van der Waals surface area contributed by atoms with Crippen molar-refractivity contribution < 1.29 is 4.79 Å². The standard InChI is InChI=1S/C12H22N2OS/c15-12(7-11-9-16-6-5-13-11)14-8-10-3-1-2-4-10/h10-11,13H,1-9H2,(H,14,15). The van der Waals surface area contributed by atoms with Crippen LogP contribution in [-0.4, -0.2) is 36.5 Å². The zero-order chi connectivity index (χ0) is 11.2. The van der Waals surface area contributed by atoms with E-state index in [1.54, 1.807) is 0 Å². The highest BCUT2D eigenvalue weighted by Gasteiger charge is 2.19. The first-order valence-electron chi connectivity index (χ1n) is 6.42. The predicted octanol–water partition coefficient (Wildman–Crippen LogP) is 1.39. The summed E-state index contributed by atoms with van der Waals surface area (Å²) in [5.74, 6) is 3.24. The molecule has 1 atom stereocenters. The average molecular weight is 242 g/mol. The summed E-state index contributed by atoms with van der Waals surface area (Å²) in [6.07, 6.45) is 5.96. The molecule has 1 amide bonds. The Morgan fingerprint density at radius 3 is 2.88 bits per heavy atom. The average Bonchev–Trinajstić information content (AvgIpc) is 2.81. The number of carbonyl (C=O) groups excluding carboxylic acids is 1. The van der Waals surface area contributed by atoms with Crippen molar-refractivity contribution in [1.29, 1.82) is 0 Å². The lowest BCUT2D eigenvalue weighted by Crippen LogP contribution is -2.41. The van der Waals surface area contributed by atoms with Crippen LogP contribution in [-0.2, 0) is 4.79 Å². The van der Waals surface area contributed by atoms with Gasteiger partial charge in [-0.1, -0.05) is 12.8 Å². The van der Waals surface area contributed by atoms with Gasteiger partial charge in [-0.15, -0.1) is 0 Å². The largest absolute Gasteiger partial charge is 0.356 e. The molecular formula is C12H22N2OS. The second-order valence-corrected chi connectivity index (χ2v) is 6.03. The molecule has 0 aromatic heterocycles. The highest BCUT2D eigenvalue weighted by Crippen LogP contribution is 2.23. The minimum atomic E-state index is 0.229. The van der Waals surface area contributed by atoms with Gasteiger partial charge in [0.2, 0.25) is 5.91 Å². The van der Waals surface area contributed by atoms with Gasteiger partial charge in [-0.2, -0.15) is 11.8 Å². The molecular weight excluding hydrogens is 220 g/mol. The molecule has 1 saturated heterocycles. The van der Waals surface area contributed by atoms with E-state index in [0.717, 1.165) is 24.8 Å². The van der Waals surface area contributed by atoms with Crippen LogP contribution in [0.3, 0.4) is 0 Å². The van der Waals surface area contributed by atoms with E-state index in [2.05, 4.69) is 10.6 Å². The van der Waals surface area contributed by atoms with Crippen LogP contribution in [0.25, 0.3) is 0 Å². The van der Waals surface area contributed by atoms with Crippen molar-refractivity contribution in [2.45, 2.75) is 38.1 Å². The summed E-state index contributed by atoms with van der Waals surface area (Å²) in [7, 11) is 0. The second kappa shape index (κ2) is 6.50. The van der Waals surface area contributed by atoms with Crippen molar-refractivity contribution in [1.82, 2.24) is 10.6 Å². The zero-order valence-corrected chi connectivity index (χ0v) is 10.7. The fourth-order valence-electron chi connectivity index (χ4n) is 2.52. The van der Waals surface area contributed by atoms with Gasteiger partial charge in [0.1, 0.15) is 0 Å². The molecule has 4 heteroatoms. The molecule has 0 aromatic carbocycles. The topological polar surface area (TPSA) is 41.1 Å². The molecule has 1 saturated carbocycles. The summed E-state index contributed by atoms with van der Waals surface area (Å²) < 4.78 is 0. The predicted molar refractivity (Wildman–Crippen MR) is 68.7 cm³/mol. The molecule has 92 valence electrons. The minimum absolute atomic E-state index is 0.229. The van der Waals surface area contributed by atoms with E-state index in [1.165, 1.54) is 31.4 Å². The number of hydrogen-bond acceptors (Lipinski definition) is 3. The third-order valence-electron chi connectivity index (χ3n) is 3.49. The van der Waals surface area contributed by atoms with E-state index >= 15 is 0 Å². The Morgan fingerprint density at radius 2 is 2.19 bits per heavy atom. The Kier molecular flexibility index (Phi) is 4.97. The number of thioether (sulfide) groups is 1. The quantitative estimate of drug-likeness (QED) is 0.783. The van der Waals surface area contributed by atoms with E-state index < -0.39 is 0 Å². The van der Waals surface area contributed by atoms with Crippen molar-refractivity contribution in [3.05, 3.63) is 0 Å². The van der Waals surface area contributed by atoms with Crippen molar-refractivity contribution in [3.63, 3.8) is 0 Å². The Hall–Kier alpha value is -0.220. The normalized spacial score (nSPS) is 26.9. The molecule has 1 unspecified atom stereocenters. The molecule has 2 rings (SSSR count). The van der Waals surface area contributed by atoms with Crippen molar-refractivity contribution in [2.24, 2.45) is 5.92 Å². The van der Waals surface area contributed by atoms with Gasteiger partial charge in [0.25, 0.3) is 0 Å². The van der Waals surface area contributed by atoms with Gasteiger partial charge in [-0.25, -0.2) is 0 Å². The lowest BCUT2D eigenvalue weighted by Gasteiger charge is -2.22. The summed E-state index contributed by atoms with van der Waals surface area (Å²) >= 11 is 1.95. The van der Waals surface area contributed by atoms with Gasteiger partial charge in [-0.05, 0) is 18.8 Å². The zero-order valence-electron chi connectivity index (χ0n) is 9.84. The van der Waals surface area contributed by atoms with E-state index in [1.807, 2.05) is 11.8 Å². The molecule has 2 fully saturated rings. The van der Waals surface area contributed by atoms with Crippen LogP contribution in [0.2, 0.25) is 0 Å². The SMILES string of the molecule is O=C(CC1CSCCN1)NCC1CCCC1. The smallest absolute Gasteiger partial charge is 0.221 e. The van der Waals surface area contributed by atoms with Crippen LogP contribution in [0.5, 0.6) is 0 Å². The van der Waals surface area contributed by atoms with E-state index in [0.29, 0.717) is 12.5 Å². The van der Waals surface area contributed by atoms with Gasteiger partial charge in [0.15, 0.2) is 0 Å². The number of rotatable bonds is 4. The van der Waals surface area contributed by atoms with Crippen molar-refractivity contribution in [2.75, 3.05) is 24.6 Å². The van der Waals surface area contributed by atoms with Gasteiger partial charge in [0.05, 0.1) is 0 Å². The highest BCUT2D eigenvalue weighted by molar-refractivity contribution is 7.99. The molecule has 3 nitrogen and oxygen atoms in total. The van der Waals surface area contributed by atoms with Crippen LogP contribution >= 0.6 is 11.8 Å². The van der Waals surface area contributed by atoms with Crippen molar-refractivity contribution in [3.8, 4) is 0 Å². The van der Waals surface area contributed by atoms with Gasteiger partial charge in [0, 0.05) is 37.1 Å². The number of carbonyl (C=O) groups is 1.